The van der Waals surface area contributed by atoms with Crippen LogP contribution in [-0.2, 0) is 13.0 Å². The Bertz CT molecular complexity index is 1120. The molecule has 0 saturated carbocycles. The van der Waals surface area contributed by atoms with E-state index in [4.69, 9.17) is 17.0 Å². The van der Waals surface area contributed by atoms with Crippen molar-refractivity contribution in [1.82, 2.24) is 15.1 Å². The highest BCUT2D eigenvalue weighted by atomic mass is 35.5. The lowest BCUT2D eigenvalue weighted by molar-refractivity contribution is -0.292. The van der Waals surface area contributed by atoms with Gasteiger partial charge < -0.3 is 16.0 Å². The van der Waals surface area contributed by atoms with Gasteiger partial charge in [0, 0.05) is 41.7 Å². The third kappa shape index (κ3) is 5.26. The molecule has 7 nitrogen and oxygen atoms in total. The molecule has 3 N–H and O–H groups in total. The standard InChI is InChI=1S/C19H17ClF7N5O2/c1-3-4-29-17(33)11-5-10(13(21)6-12(11)20)9(7-28)8-30-16-14(34-27)15(31-32(16)2)18(22,23)19(24,25)26/h5-8,28,30H,3-4H2,1-2H3,(H,29,33)/b9-8+,28-7?. The minimum Gasteiger partial charge on any atom is -0.352 e. The molecule has 0 unspecified atom stereocenters. The molecular formula is C19H17ClF7N5O2. The number of hydrogen-bond donors (Lipinski definition) is 3. The quantitative estimate of drug-likeness (QED) is 0.309. The average molecular weight is 516 g/mol. The van der Waals surface area contributed by atoms with Gasteiger partial charge in [-0.1, -0.05) is 18.5 Å². The highest BCUT2D eigenvalue weighted by Crippen LogP contribution is 2.48. The number of alkyl halides is 5. The summed E-state index contributed by atoms with van der Waals surface area (Å²) in [6, 6.07) is 1.82. The fourth-order valence-electron chi connectivity index (χ4n) is 2.70. The molecule has 1 amide bonds. The Labute approximate surface area is 192 Å². The van der Waals surface area contributed by atoms with Gasteiger partial charge >= 0.3 is 12.1 Å². The summed E-state index contributed by atoms with van der Waals surface area (Å²) in [5.74, 6) is -9.53. The molecule has 1 aromatic heterocycles. The van der Waals surface area contributed by atoms with Gasteiger partial charge in [0.1, 0.15) is 5.82 Å². The molecule has 34 heavy (non-hydrogen) atoms. The van der Waals surface area contributed by atoms with Crippen LogP contribution >= 0.6 is 11.6 Å². The minimum absolute atomic E-state index is 0.139. The largest absolute Gasteiger partial charge is 0.459 e. The number of carbonyl (C=O) groups excluding carboxylic acids is 1. The fourth-order valence-corrected chi connectivity index (χ4v) is 2.93. The van der Waals surface area contributed by atoms with Crippen LogP contribution in [0.2, 0.25) is 5.02 Å². The van der Waals surface area contributed by atoms with Crippen molar-refractivity contribution in [2.75, 3.05) is 11.9 Å². The summed E-state index contributed by atoms with van der Waals surface area (Å²) in [6.07, 6.45) is -4.11. The Morgan fingerprint density at radius 3 is 2.44 bits per heavy atom. The van der Waals surface area contributed by atoms with Crippen LogP contribution in [-0.4, -0.2) is 34.6 Å². The molecule has 2 aromatic rings. The predicted octanol–water partition coefficient (Wildman–Crippen LogP) is 5.37. The summed E-state index contributed by atoms with van der Waals surface area (Å²) in [7, 11) is 0.914. The molecule has 0 aliphatic rings. The van der Waals surface area contributed by atoms with Crippen molar-refractivity contribution in [1.29, 1.82) is 5.41 Å². The number of nitrogens with one attached hydrogen (secondary N) is 3. The number of carbonyl (C=O) groups is 1. The van der Waals surface area contributed by atoms with Gasteiger partial charge in [-0.3, -0.25) is 9.74 Å². The van der Waals surface area contributed by atoms with Crippen molar-refractivity contribution in [2.24, 2.45) is 7.05 Å². The second-order valence-corrected chi connectivity index (χ2v) is 7.16. The Kier molecular flexibility index (Phi) is 8.18. The number of anilines is 1. The van der Waals surface area contributed by atoms with Gasteiger partial charge in [-0.15, -0.1) is 0 Å². The zero-order chi connectivity index (χ0) is 25.8. The van der Waals surface area contributed by atoms with E-state index in [0.717, 1.165) is 25.4 Å². The molecule has 0 saturated heterocycles. The molecule has 0 bridgehead atoms. The molecule has 1 heterocycles. The van der Waals surface area contributed by atoms with Crippen molar-refractivity contribution >= 4 is 35.1 Å². The van der Waals surface area contributed by atoms with E-state index in [-0.39, 0.29) is 21.7 Å². The molecule has 0 aliphatic heterocycles. The topological polar surface area (TPSA) is 92.0 Å². The number of amides is 1. The van der Waals surface area contributed by atoms with E-state index in [1.807, 2.05) is 0 Å². The lowest BCUT2D eigenvalue weighted by Gasteiger charge is -2.17. The molecule has 2 rings (SSSR count). The maximum atomic E-state index is 14.5. The molecular weight excluding hydrogens is 499 g/mol. The van der Waals surface area contributed by atoms with Gasteiger partial charge in [0.05, 0.1) is 10.6 Å². The van der Waals surface area contributed by atoms with Gasteiger partial charge in [-0.05, 0) is 18.6 Å². The smallest absolute Gasteiger partial charge is 0.352 e. The lowest BCUT2D eigenvalue weighted by Crippen LogP contribution is -2.34. The molecule has 0 aliphatic carbocycles. The summed E-state index contributed by atoms with van der Waals surface area (Å²) in [5, 5.41) is 15.0. The van der Waals surface area contributed by atoms with Gasteiger partial charge in [-0.25, -0.2) is 9.07 Å². The normalized spacial score (nSPS) is 12.5. The first-order valence-corrected chi connectivity index (χ1v) is 9.73. The van der Waals surface area contributed by atoms with Crippen LogP contribution in [0.15, 0.2) is 18.3 Å². The maximum absolute atomic E-state index is 14.5. The average Bonchev–Trinajstić information content (AvgIpc) is 3.08. The van der Waals surface area contributed by atoms with Crippen LogP contribution in [0.25, 0.3) is 5.57 Å². The summed E-state index contributed by atoms with van der Waals surface area (Å²) < 4.78 is 93.4. The molecule has 0 spiro atoms. The summed E-state index contributed by atoms with van der Waals surface area (Å²) in [4.78, 5) is 15.5. The number of rotatable bonds is 9. The van der Waals surface area contributed by atoms with E-state index < -0.39 is 41.1 Å². The molecule has 0 fully saturated rings. The van der Waals surface area contributed by atoms with Gasteiger partial charge in [-0.2, -0.15) is 27.1 Å². The van der Waals surface area contributed by atoms with Crippen LogP contribution in [0.5, 0.6) is 5.75 Å². The zero-order valence-electron chi connectivity index (χ0n) is 17.5. The molecule has 0 atom stereocenters. The van der Waals surface area contributed by atoms with E-state index in [1.165, 1.54) is 0 Å². The third-order valence-corrected chi connectivity index (χ3v) is 4.71. The Hall–Kier alpha value is -3.29. The lowest BCUT2D eigenvalue weighted by atomic mass is 10.0. The van der Waals surface area contributed by atoms with Gasteiger partial charge in [0.25, 0.3) is 5.91 Å². The third-order valence-electron chi connectivity index (χ3n) is 4.40. The summed E-state index contributed by atoms with van der Waals surface area (Å²) in [6.45, 7) is 2.09. The minimum atomic E-state index is -6.09. The maximum Gasteiger partial charge on any atom is 0.459 e. The van der Waals surface area contributed by atoms with E-state index in [2.05, 4.69) is 20.7 Å². The number of allylic oxidation sites excluding steroid dienone is 1. The predicted molar refractivity (Wildman–Crippen MR) is 109 cm³/mol. The van der Waals surface area contributed by atoms with Crippen molar-refractivity contribution in [3.63, 3.8) is 0 Å². The number of aromatic nitrogens is 2. The number of aryl methyl sites for hydroxylation is 1. The second-order valence-electron chi connectivity index (χ2n) is 6.76. The number of halogens is 8. The molecule has 15 heteroatoms. The molecule has 0 radical (unpaired) electrons. The first kappa shape index (κ1) is 27.0. The highest BCUT2D eigenvalue weighted by molar-refractivity contribution is 6.34. The van der Waals surface area contributed by atoms with Crippen LogP contribution in [0.4, 0.5) is 36.7 Å². The zero-order valence-corrected chi connectivity index (χ0v) is 18.2. The van der Waals surface area contributed by atoms with Crippen LogP contribution in [0.3, 0.4) is 0 Å². The first-order valence-electron chi connectivity index (χ1n) is 9.35. The van der Waals surface area contributed by atoms with E-state index in [0.29, 0.717) is 23.9 Å². The summed E-state index contributed by atoms with van der Waals surface area (Å²) in [5.41, 5.74) is -2.85. The van der Waals surface area contributed by atoms with Crippen LogP contribution in [0.1, 0.15) is 35.0 Å². The van der Waals surface area contributed by atoms with Crippen LogP contribution in [0, 0.1) is 11.2 Å². The summed E-state index contributed by atoms with van der Waals surface area (Å²) >= 11 is 5.91. The van der Waals surface area contributed by atoms with Crippen molar-refractivity contribution in [3.05, 3.63) is 46.0 Å². The Morgan fingerprint density at radius 2 is 1.91 bits per heavy atom. The van der Waals surface area contributed by atoms with Crippen molar-refractivity contribution in [2.45, 2.75) is 25.4 Å². The Balaban J connectivity index is 2.51. The second kappa shape index (κ2) is 10.3. The van der Waals surface area contributed by atoms with E-state index in [9.17, 15) is 35.7 Å². The number of benzene rings is 1. The molecule has 186 valence electrons. The van der Waals surface area contributed by atoms with Gasteiger partial charge in [0.15, 0.2) is 11.5 Å². The highest BCUT2D eigenvalue weighted by Gasteiger charge is 2.62. The van der Waals surface area contributed by atoms with E-state index in [1.54, 1.807) is 6.92 Å². The number of hydrogen-bond acceptors (Lipinski definition) is 5. The fraction of sp³-hybridized carbons (Fsp3) is 0.316. The SMILES string of the molecule is CCCNC(=O)c1cc(/C(C=N)=C/Nc2c(OF)c(C(F)(F)C(F)(F)F)nn2C)c(F)cc1Cl. The number of nitrogens with zero attached hydrogens (tertiary/aromatic N) is 2. The van der Waals surface area contributed by atoms with Gasteiger partial charge in [0.2, 0.25) is 5.75 Å². The van der Waals surface area contributed by atoms with E-state index >= 15 is 0 Å². The van der Waals surface area contributed by atoms with Crippen molar-refractivity contribution in [3.8, 4) is 5.75 Å². The molecule has 1 aromatic carbocycles. The first-order chi connectivity index (χ1) is 15.8. The Morgan fingerprint density at radius 1 is 1.26 bits per heavy atom. The van der Waals surface area contributed by atoms with Crippen molar-refractivity contribution < 1.29 is 40.6 Å². The monoisotopic (exact) mass is 515 g/mol. The van der Waals surface area contributed by atoms with Crippen LogP contribution < -0.4 is 15.6 Å².